The SMILES string of the molecule is CC(C)Nc1ccccc1C(=O)NC(C)(C)c1nccs1. The summed E-state index contributed by atoms with van der Waals surface area (Å²) in [6.45, 7) is 8.02. The van der Waals surface area contributed by atoms with E-state index in [1.807, 2.05) is 57.3 Å². The largest absolute Gasteiger partial charge is 0.382 e. The maximum atomic E-state index is 12.6. The van der Waals surface area contributed by atoms with Gasteiger partial charge in [-0.3, -0.25) is 4.79 Å². The minimum absolute atomic E-state index is 0.0982. The number of anilines is 1. The highest BCUT2D eigenvalue weighted by atomic mass is 32.1. The Labute approximate surface area is 129 Å². The van der Waals surface area contributed by atoms with Crippen LogP contribution in [0.2, 0.25) is 0 Å². The van der Waals surface area contributed by atoms with Crippen molar-refractivity contribution in [2.75, 3.05) is 5.32 Å². The minimum Gasteiger partial charge on any atom is -0.382 e. The van der Waals surface area contributed by atoms with Crippen molar-refractivity contribution in [1.82, 2.24) is 10.3 Å². The highest BCUT2D eigenvalue weighted by Crippen LogP contribution is 2.24. The summed E-state index contributed by atoms with van der Waals surface area (Å²) in [5, 5.41) is 9.17. The van der Waals surface area contributed by atoms with Crippen LogP contribution in [0.3, 0.4) is 0 Å². The molecular formula is C16H21N3OS. The highest BCUT2D eigenvalue weighted by Gasteiger charge is 2.26. The Morgan fingerprint density at radius 3 is 2.62 bits per heavy atom. The molecule has 2 N–H and O–H groups in total. The van der Waals surface area contributed by atoms with Crippen LogP contribution in [0.4, 0.5) is 5.69 Å². The number of benzene rings is 1. The molecule has 0 saturated heterocycles. The molecule has 1 heterocycles. The van der Waals surface area contributed by atoms with Gasteiger partial charge in [0.15, 0.2) is 0 Å². The van der Waals surface area contributed by atoms with E-state index in [9.17, 15) is 4.79 Å². The average Bonchev–Trinajstić information content (AvgIpc) is 2.92. The molecule has 112 valence electrons. The lowest BCUT2D eigenvalue weighted by Gasteiger charge is -2.25. The molecule has 0 aliphatic rings. The molecule has 4 nitrogen and oxygen atoms in total. The summed E-state index contributed by atoms with van der Waals surface area (Å²) in [4.78, 5) is 16.9. The number of hydrogen-bond acceptors (Lipinski definition) is 4. The fourth-order valence-corrected chi connectivity index (χ4v) is 2.77. The molecule has 1 amide bonds. The highest BCUT2D eigenvalue weighted by molar-refractivity contribution is 7.09. The van der Waals surface area contributed by atoms with Crippen LogP contribution in [-0.2, 0) is 5.54 Å². The van der Waals surface area contributed by atoms with Crippen LogP contribution < -0.4 is 10.6 Å². The molecule has 5 heteroatoms. The Balaban J connectivity index is 2.21. The van der Waals surface area contributed by atoms with E-state index in [4.69, 9.17) is 0 Å². The second-order valence-electron chi connectivity index (χ2n) is 5.76. The number of carbonyl (C=O) groups is 1. The number of amides is 1. The first-order chi connectivity index (χ1) is 9.90. The lowest BCUT2D eigenvalue weighted by atomic mass is 10.0. The normalized spacial score (nSPS) is 11.5. The van der Waals surface area contributed by atoms with Crippen LogP contribution in [0.15, 0.2) is 35.8 Å². The number of carbonyl (C=O) groups excluding carboxylic acids is 1. The van der Waals surface area contributed by atoms with Gasteiger partial charge in [-0.15, -0.1) is 11.3 Å². The number of nitrogens with one attached hydrogen (secondary N) is 2. The van der Waals surface area contributed by atoms with E-state index < -0.39 is 5.54 Å². The van der Waals surface area contributed by atoms with Crippen LogP contribution in [-0.4, -0.2) is 16.9 Å². The topological polar surface area (TPSA) is 54.0 Å². The maximum Gasteiger partial charge on any atom is 0.254 e. The number of thiazole rings is 1. The molecule has 2 aromatic rings. The molecule has 0 spiro atoms. The van der Waals surface area contributed by atoms with Crippen molar-refractivity contribution in [2.24, 2.45) is 0 Å². The van der Waals surface area contributed by atoms with Gasteiger partial charge in [-0.2, -0.15) is 0 Å². The van der Waals surface area contributed by atoms with Gasteiger partial charge in [0.1, 0.15) is 5.01 Å². The zero-order chi connectivity index (χ0) is 15.5. The molecule has 0 unspecified atom stereocenters. The van der Waals surface area contributed by atoms with Gasteiger partial charge < -0.3 is 10.6 Å². The van der Waals surface area contributed by atoms with Crippen LogP contribution in [0.5, 0.6) is 0 Å². The predicted octanol–water partition coefficient (Wildman–Crippen LogP) is 3.63. The van der Waals surface area contributed by atoms with Crippen LogP contribution in [0.1, 0.15) is 43.1 Å². The van der Waals surface area contributed by atoms with Crippen LogP contribution >= 0.6 is 11.3 Å². The zero-order valence-electron chi connectivity index (χ0n) is 12.8. The monoisotopic (exact) mass is 303 g/mol. The molecule has 21 heavy (non-hydrogen) atoms. The van der Waals surface area contributed by atoms with E-state index in [-0.39, 0.29) is 11.9 Å². The molecule has 1 aromatic heterocycles. The standard InChI is InChI=1S/C16H21N3OS/c1-11(2)18-13-8-6-5-7-12(13)14(20)19-16(3,4)15-17-9-10-21-15/h5-11,18H,1-4H3,(H,19,20). The Bertz CT molecular complexity index is 606. The molecule has 0 radical (unpaired) electrons. The molecule has 0 aliphatic heterocycles. The van der Waals surface area contributed by atoms with E-state index >= 15 is 0 Å². The fourth-order valence-electron chi connectivity index (χ4n) is 2.05. The molecule has 1 aromatic carbocycles. The van der Waals surface area contributed by atoms with Gasteiger partial charge in [0, 0.05) is 23.3 Å². The van der Waals surface area contributed by atoms with Crippen molar-refractivity contribution < 1.29 is 4.79 Å². The quantitative estimate of drug-likeness (QED) is 0.887. The number of aromatic nitrogens is 1. The van der Waals surface area contributed by atoms with E-state index in [1.165, 1.54) is 0 Å². The average molecular weight is 303 g/mol. The minimum atomic E-state index is -0.490. The maximum absolute atomic E-state index is 12.6. The summed E-state index contributed by atoms with van der Waals surface area (Å²) >= 11 is 1.54. The first-order valence-electron chi connectivity index (χ1n) is 6.98. The fraction of sp³-hybridized carbons (Fsp3) is 0.375. The van der Waals surface area contributed by atoms with Crippen LogP contribution in [0, 0.1) is 0 Å². The van der Waals surface area contributed by atoms with Crippen LogP contribution in [0.25, 0.3) is 0 Å². The number of para-hydroxylation sites is 1. The van der Waals surface area contributed by atoms with Crippen molar-refractivity contribution >= 4 is 22.9 Å². The summed E-state index contributed by atoms with van der Waals surface area (Å²) in [6, 6.07) is 7.82. The van der Waals surface area contributed by atoms with Crippen molar-refractivity contribution in [3.63, 3.8) is 0 Å². The molecule has 0 fully saturated rings. The Morgan fingerprint density at radius 2 is 2.00 bits per heavy atom. The number of rotatable bonds is 5. The van der Waals surface area contributed by atoms with Crippen molar-refractivity contribution in [3.05, 3.63) is 46.4 Å². The summed E-state index contributed by atoms with van der Waals surface area (Å²) in [6.07, 6.45) is 1.75. The molecule has 0 bridgehead atoms. The van der Waals surface area contributed by atoms with Gasteiger partial charge in [-0.1, -0.05) is 12.1 Å². The third kappa shape index (κ3) is 3.82. The molecule has 2 rings (SSSR count). The first kappa shape index (κ1) is 15.5. The summed E-state index contributed by atoms with van der Waals surface area (Å²) < 4.78 is 0. The third-order valence-electron chi connectivity index (χ3n) is 3.01. The summed E-state index contributed by atoms with van der Waals surface area (Å²) in [5.41, 5.74) is 1.01. The predicted molar refractivity (Wildman–Crippen MR) is 87.8 cm³/mol. The lowest BCUT2D eigenvalue weighted by Crippen LogP contribution is -2.41. The lowest BCUT2D eigenvalue weighted by molar-refractivity contribution is 0.0912. The van der Waals surface area contributed by atoms with Crippen molar-refractivity contribution in [2.45, 2.75) is 39.3 Å². The van der Waals surface area contributed by atoms with Crippen molar-refractivity contribution in [3.8, 4) is 0 Å². The molecular weight excluding hydrogens is 282 g/mol. The van der Waals surface area contributed by atoms with E-state index in [1.54, 1.807) is 17.5 Å². The molecule has 0 saturated carbocycles. The molecule has 0 aliphatic carbocycles. The van der Waals surface area contributed by atoms with Gasteiger partial charge in [0.25, 0.3) is 5.91 Å². The van der Waals surface area contributed by atoms with Gasteiger partial charge in [-0.25, -0.2) is 4.98 Å². The van der Waals surface area contributed by atoms with Gasteiger partial charge in [0.2, 0.25) is 0 Å². The Hall–Kier alpha value is -1.88. The second-order valence-corrected chi connectivity index (χ2v) is 6.66. The van der Waals surface area contributed by atoms with Gasteiger partial charge >= 0.3 is 0 Å². The first-order valence-corrected chi connectivity index (χ1v) is 7.86. The summed E-state index contributed by atoms with van der Waals surface area (Å²) in [5.74, 6) is -0.0982. The zero-order valence-corrected chi connectivity index (χ0v) is 13.6. The summed E-state index contributed by atoms with van der Waals surface area (Å²) in [7, 11) is 0. The van der Waals surface area contributed by atoms with Crippen molar-refractivity contribution in [1.29, 1.82) is 0 Å². The van der Waals surface area contributed by atoms with E-state index in [0.29, 0.717) is 5.56 Å². The second kappa shape index (κ2) is 6.26. The Morgan fingerprint density at radius 1 is 1.29 bits per heavy atom. The number of nitrogens with zero attached hydrogens (tertiary/aromatic N) is 1. The number of hydrogen-bond donors (Lipinski definition) is 2. The van der Waals surface area contributed by atoms with E-state index in [0.717, 1.165) is 10.7 Å². The van der Waals surface area contributed by atoms with Gasteiger partial charge in [0.05, 0.1) is 11.1 Å². The molecule has 0 atom stereocenters. The smallest absolute Gasteiger partial charge is 0.254 e. The Kier molecular flexibility index (Phi) is 4.63. The van der Waals surface area contributed by atoms with Gasteiger partial charge in [-0.05, 0) is 39.8 Å². The third-order valence-corrected chi connectivity index (χ3v) is 4.11. The van der Waals surface area contributed by atoms with E-state index in [2.05, 4.69) is 15.6 Å².